The largest absolute Gasteiger partial charge is 0.493 e. The standard InChI is InChI=1S/C16H24N4O2/c1-21-15-8-6-13(10-16(15)22-2)5-7-14(20-12-18)4-3-9-19-11-17/h3-4,6,8,10-12,14H,5,7,9H2,1-2H3,(H2,17,19)(H2,18,20)/t14-/m0/s1. The lowest BCUT2D eigenvalue weighted by molar-refractivity contribution is 0.354. The Balaban J connectivity index is 2.66. The van der Waals surface area contributed by atoms with Gasteiger partial charge >= 0.3 is 0 Å². The maximum absolute atomic E-state index is 5.40. The predicted octanol–water partition coefficient (Wildman–Crippen LogP) is 1.54. The highest BCUT2D eigenvalue weighted by Crippen LogP contribution is 2.28. The van der Waals surface area contributed by atoms with Gasteiger partial charge in [0, 0.05) is 0 Å². The van der Waals surface area contributed by atoms with Gasteiger partial charge in [-0.15, -0.1) is 0 Å². The summed E-state index contributed by atoms with van der Waals surface area (Å²) in [5, 5.41) is 0. The van der Waals surface area contributed by atoms with Crippen molar-refractivity contribution in [1.82, 2.24) is 0 Å². The van der Waals surface area contributed by atoms with Crippen molar-refractivity contribution in [3.05, 3.63) is 35.9 Å². The molecular weight excluding hydrogens is 280 g/mol. The molecule has 1 aromatic carbocycles. The van der Waals surface area contributed by atoms with E-state index >= 15 is 0 Å². The Labute approximate surface area is 131 Å². The topological polar surface area (TPSA) is 95.2 Å². The average molecular weight is 304 g/mol. The third-order valence-corrected chi connectivity index (χ3v) is 3.13. The van der Waals surface area contributed by atoms with Crippen LogP contribution in [0.25, 0.3) is 0 Å². The summed E-state index contributed by atoms with van der Waals surface area (Å²) in [5.74, 6) is 1.45. The molecule has 6 heteroatoms. The van der Waals surface area contributed by atoms with Gasteiger partial charge in [0.25, 0.3) is 0 Å². The summed E-state index contributed by atoms with van der Waals surface area (Å²) in [6.07, 6.45) is 8.22. The third-order valence-electron chi connectivity index (χ3n) is 3.13. The summed E-state index contributed by atoms with van der Waals surface area (Å²) in [6.45, 7) is 0.545. The molecule has 0 aliphatic carbocycles. The van der Waals surface area contributed by atoms with Gasteiger partial charge in [-0.25, -0.2) is 0 Å². The summed E-state index contributed by atoms with van der Waals surface area (Å²) in [4.78, 5) is 8.16. The molecule has 0 radical (unpaired) electrons. The first kappa shape index (κ1) is 17.6. The first-order valence-electron chi connectivity index (χ1n) is 7.06. The first-order valence-corrected chi connectivity index (χ1v) is 7.06. The summed E-state index contributed by atoms with van der Waals surface area (Å²) < 4.78 is 10.5. The van der Waals surface area contributed by atoms with Crippen LogP contribution in [0.4, 0.5) is 0 Å². The molecule has 0 saturated heterocycles. The number of ether oxygens (including phenoxy) is 2. The fourth-order valence-electron chi connectivity index (χ4n) is 2.02. The zero-order valence-corrected chi connectivity index (χ0v) is 13.1. The van der Waals surface area contributed by atoms with Gasteiger partial charge in [0.05, 0.1) is 39.5 Å². The van der Waals surface area contributed by atoms with E-state index in [4.69, 9.17) is 20.9 Å². The van der Waals surface area contributed by atoms with Crippen molar-refractivity contribution in [3.63, 3.8) is 0 Å². The van der Waals surface area contributed by atoms with Crippen LogP contribution in [0.2, 0.25) is 0 Å². The van der Waals surface area contributed by atoms with Crippen molar-refractivity contribution >= 4 is 12.7 Å². The van der Waals surface area contributed by atoms with Gasteiger partial charge in [0.1, 0.15) is 0 Å². The number of methoxy groups -OCH3 is 2. The number of nitrogens with zero attached hydrogens (tertiary/aromatic N) is 2. The average Bonchev–Trinajstić information content (AvgIpc) is 2.56. The SMILES string of the molecule is COc1ccc(CC[C@H](C=CCN=CN)N=CN)cc1OC. The molecule has 0 aromatic heterocycles. The van der Waals surface area contributed by atoms with Crippen LogP contribution in [-0.4, -0.2) is 39.5 Å². The monoisotopic (exact) mass is 304 g/mol. The maximum Gasteiger partial charge on any atom is 0.160 e. The molecule has 0 unspecified atom stereocenters. The molecule has 0 aliphatic heterocycles. The Kier molecular flexibility index (Phi) is 8.18. The van der Waals surface area contributed by atoms with E-state index < -0.39 is 0 Å². The molecule has 1 rings (SSSR count). The smallest absolute Gasteiger partial charge is 0.160 e. The van der Waals surface area contributed by atoms with E-state index in [1.54, 1.807) is 14.2 Å². The van der Waals surface area contributed by atoms with Crippen molar-refractivity contribution < 1.29 is 9.47 Å². The highest BCUT2D eigenvalue weighted by molar-refractivity contribution is 5.52. The maximum atomic E-state index is 5.40. The second-order valence-electron chi connectivity index (χ2n) is 4.54. The molecule has 0 saturated carbocycles. The lowest BCUT2D eigenvalue weighted by Gasteiger charge is -2.11. The summed E-state index contributed by atoms with van der Waals surface area (Å²) in [5.41, 5.74) is 11.7. The lowest BCUT2D eigenvalue weighted by atomic mass is 10.0. The van der Waals surface area contributed by atoms with E-state index in [0.717, 1.165) is 29.9 Å². The quantitative estimate of drug-likeness (QED) is 0.411. The Hall–Kier alpha value is -2.50. The van der Waals surface area contributed by atoms with E-state index in [0.29, 0.717) is 6.54 Å². The van der Waals surface area contributed by atoms with E-state index in [1.165, 1.54) is 12.7 Å². The van der Waals surface area contributed by atoms with Crippen LogP contribution in [0.15, 0.2) is 40.3 Å². The molecule has 6 nitrogen and oxygen atoms in total. The number of rotatable bonds is 9. The molecule has 0 spiro atoms. The zero-order chi connectivity index (χ0) is 16.2. The number of benzene rings is 1. The van der Waals surface area contributed by atoms with Crippen molar-refractivity contribution in [2.75, 3.05) is 20.8 Å². The van der Waals surface area contributed by atoms with Crippen LogP contribution in [-0.2, 0) is 6.42 Å². The molecule has 0 aliphatic rings. The number of nitrogens with two attached hydrogens (primary N) is 2. The Morgan fingerprint density at radius 3 is 2.55 bits per heavy atom. The van der Waals surface area contributed by atoms with Crippen LogP contribution >= 0.6 is 0 Å². The third kappa shape index (κ3) is 5.87. The molecule has 1 aromatic rings. The first-order chi connectivity index (χ1) is 10.7. The van der Waals surface area contributed by atoms with Gasteiger partial charge in [0.15, 0.2) is 11.5 Å². The molecule has 120 valence electrons. The predicted molar refractivity (Wildman–Crippen MR) is 91.0 cm³/mol. The van der Waals surface area contributed by atoms with Crippen molar-refractivity contribution in [3.8, 4) is 11.5 Å². The summed E-state index contributed by atoms with van der Waals surface area (Å²) in [6, 6.07) is 5.92. The van der Waals surface area contributed by atoms with Crippen LogP contribution < -0.4 is 20.9 Å². The molecular formula is C16H24N4O2. The number of aryl methyl sites for hydroxylation is 1. The molecule has 0 fully saturated rings. The Morgan fingerprint density at radius 2 is 1.91 bits per heavy atom. The summed E-state index contributed by atoms with van der Waals surface area (Å²) >= 11 is 0. The normalized spacial score (nSPS) is 13.2. The fourth-order valence-corrected chi connectivity index (χ4v) is 2.02. The fraction of sp³-hybridized carbons (Fsp3) is 0.375. The van der Waals surface area contributed by atoms with Crippen molar-refractivity contribution in [2.45, 2.75) is 18.9 Å². The molecule has 0 heterocycles. The second-order valence-corrected chi connectivity index (χ2v) is 4.54. The summed E-state index contributed by atoms with van der Waals surface area (Å²) in [7, 11) is 3.25. The van der Waals surface area contributed by atoms with Gasteiger partial charge in [0.2, 0.25) is 0 Å². The number of hydrogen-bond acceptors (Lipinski definition) is 4. The number of aliphatic imine (C=N–C) groups is 2. The Morgan fingerprint density at radius 1 is 1.14 bits per heavy atom. The van der Waals surface area contributed by atoms with Gasteiger partial charge in [-0.2, -0.15) is 0 Å². The molecule has 0 amide bonds. The van der Waals surface area contributed by atoms with Gasteiger partial charge in [-0.1, -0.05) is 18.2 Å². The van der Waals surface area contributed by atoms with Crippen LogP contribution in [0.1, 0.15) is 12.0 Å². The van der Waals surface area contributed by atoms with Gasteiger partial charge in [-0.3, -0.25) is 9.98 Å². The van der Waals surface area contributed by atoms with E-state index in [9.17, 15) is 0 Å². The second kappa shape index (κ2) is 10.3. The lowest BCUT2D eigenvalue weighted by Crippen LogP contribution is -2.06. The minimum atomic E-state index is 0.0195. The van der Waals surface area contributed by atoms with E-state index in [-0.39, 0.29) is 6.04 Å². The van der Waals surface area contributed by atoms with E-state index in [1.807, 2.05) is 30.4 Å². The Bertz CT molecular complexity index is 527. The zero-order valence-electron chi connectivity index (χ0n) is 13.1. The minimum absolute atomic E-state index is 0.0195. The van der Waals surface area contributed by atoms with Gasteiger partial charge in [-0.05, 0) is 30.5 Å². The highest BCUT2D eigenvalue weighted by atomic mass is 16.5. The highest BCUT2D eigenvalue weighted by Gasteiger charge is 2.07. The molecule has 1 atom stereocenters. The van der Waals surface area contributed by atoms with Crippen LogP contribution in [0, 0.1) is 0 Å². The minimum Gasteiger partial charge on any atom is -0.493 e. The van der Waals surface area contributed by atoms with Crippen LogP contribution in [0.5, 0.6) is 11.5 Å². The van der Waals surface area contributed by atoms with E-state index in [2.05, 4.69) is 9.98 Å². The molecule has 0 bridgehead atoms. The van der Waals surface area contributed by atoms with Crippen LogP contribution in [0.3, 0.4) is 0 Å². The molecule has 22 heavy (non-hydrogen) atoms. The van der Waals surface area contributed by atoms with Crippen molar-refractivity contribution in [2.24, 2.45) is 21.5 Å². The molecule has 4 N–H and O–H groups in total. The van der Waals surface area contributed by atoms with Gasteiger partial charge < -0.3 is 20.9 Å². The van der Waals surface area contributed by atoms with Crippen molar-refractivity contribution in [1.29, 1.82) is 0 Å². The number of hydrogen-bond donors (Lipinski definition) is 2.